The van der Waals surface area contributed by atoms with E-state index in [1.807, 2.05) is 0 Å². The predicted molar refractivity (Wildman–Crippen MR) is 69.5 cm³/mol. The molecule has 0 aliphatic carbocycles. The normalized spacial score (nSPS) is 12.9. The van der Waals surface area contributed by atoms with E-state index in [0.717, 1.165) is 0 Å². The van der Waals surface area contributed by atoms with Gasteiger partial charge in [0.2, 0.25) is 0 Å². The van der Waals surface area contributed by atoms with Crippen LogP contribution in [0.15, 0.2) is 0 Å². The maximum absolute atomic E-state index is 3.70. The Kier molecular flexibility index (Phi) is 8.47. The molecule has 80 valence electrons. The number of halogens is 1. The third-order valence-electron chi connectivity index (χ3n) is 2.57. The molecule has 0 saturated carbocycles. The van der Waals surface area contributed by atoms with Crippen LogP contribution in [0.3, 0.4) is 0 Å². The van der Waals surface area contributed by atoms with Crippen LogP contribution in [0.5, 0.6) is 0 Å². The summed E-state index contributed by atoms with van der Waals surface area (Å²) in [6.45, 7) is 7.08. The van der Waals surface area contributed by atoms with Crippen LogP contribution in [0.4, 0.5) is 0 Å². The van der Waals surface area contributed by atoms with Crippen LogP contribution in [0.2, 0.25) is 5.04 Å². The number of unbranched alkanes of at least 4 members (excludes halogenated alkanes) is 5. The van der Waals surface area contributed by atoms with Crippen LogP contribution in [0.25, 0.3) is 0 Å². The fourth-order valence-electron chi connectivity index (χ4n) is 1.45. The molecule has 0 aromatic heterocycles. The summed E-state index contributed by atoms with van der Waals surface area (Å²) >= 11 is 3.70. The van der Waals surface area contributed by atoms with Crippen LogP contribution in [0.1, 0.15) is 65.7 Å². The van der Waals surface area contributed by atoms with Crippen molar-refractivity contribution >= 4 is 23.4 Å². The summed E-state index contributed by atoms with van der Waals surface area (Å²) in [7, 11) is 0.0106. The molecule has 0 fully saturated rings. The second-order valence-corrected chi connectivity index (χ2v) is 8.68. The molecular weight excluding hydrogens is 240 g/mol. The Hall–Kier alpha value is 0.697. The van der Waals surface area contributed by atoms with Crippen molar-refractivity contribution in [3.05, 3.63) is 0 Å². The first kappa shape index (κ1) is 13.7. The van der Waals surface area contributed by atoms with Gasteiger partial charge in [0.05, 0.1) is 0 Å². The van der Waals surface area contributed by atoms with Gasteiger partial charge in [0, 0.05) is 0 Å². The largest absolute Gasteiger partial charge is 0.135 e. The highest BCUT2D eigenvalue weighted by molar-refractivity contribution is 9.23. The summed E-state index contributed by atoms with van der Waals surface area (Å²) in [6.07, 6.45) is 10.0. The highest BCUT2D eigenvalue weighted by Crippen LogP contribution is 2.31. The quantitative estimate of drug-likeness (QED) is 0.346. The average molecular weight is 265 g/mol. The van der Waals surface area contributed by atoms with E-state index >= 15 is 0 Å². The SMILES string of the molecule is CCCCCCCCC(C)(C)[SiH2]Br. The fourth-order valence-corrected chi connectivity index (χ4v) is 2.68. The molecule has 0 bridgehead atoms. The fraction of sp³-hybridized carbons (Fsp3) is 1.00. The number of hydrogen-bond acceptors (Lipinski definition) is 0. The lowest BCUT2D eigenvalue weighted by Crippen LogP contribution is -2.07. The zero-order valence-electron chi connectivity index (χ0n) is 9.53. The maximum Gasteiger partial charge on any atom is 0.104 e. The smallest absolute Gasteiger partial charge is 0.104 e. The number of rotatable bonds is 8. The Bertz CT molecular complexity index is 113. The van der Waals surface area contributed by atoms with Gasteiger partial charge in [-0.3, -0.25) is 0 Å². The van der Waals surface area contributed by atoms with Crippen LogP contribution < -0.4 is 0 Å². The Balaban J connectivity index is 3.16. The van der Waals surface area contributed by atoms with Crippen molar-refractivity contribution in [2.45, 2.75) is 70.8 Å². The third-order valence-corrected chi connectivity index (χ3v) is 8.20. The molecule has 0 unspecified atom stereocenters. The van der Waals surface area contributed by atoms with Gasteiger partial charge in [0.25, 0.3) is 0 Å². The summed E-state index contributed by atoms with van der Waals surface area (Å²) < 4.78 is 0. The van der Waals surface area contributed by atoms with Crippen molar-refractivity contribution < 1.29 is 0 Å². The standard InChI is InChI=1S/C11H25BrSi/c1-4-5-6-7-8-9-10-11(2,3)13-12/h4-10,13H2,1-3H3. The minimum Gasteiger partial charge on any atom is -0.135 e. The Labute approximate surface area is 94.3 Å². The van der Waals surface area contributed by atoms with Crippen molar-refractivity contribution in [1.82, 2.24) is 0 Å². The monoisotopic (exact) mass is 264 g/mol. The van der Waals surface area contributed by atoms with Gasteiger partial charge in [-0.25, -0.2) is 0 Å². The molecule has 0 N–H and O–H groups in total. The van der Waals surface area contributed by atoms with Crippen LogP contribution >= 0.6 is 15.3 Å². The molecule has 0 saturated heterocycles. The molecule has 0 heterocycles. The van der Waals surface area contributed by atoms with Gasteiger partial charge in [-0.1, -0.05) is 65.7 Å². The first-order valence-corrected chi connectivity index (χ1v) is 10.3. The van der Waals surface area contributed by atoms with Gasteiger partial charge in [0.1, 0.15) is 8.14 Å². The van der Waals surface area contributed by atoms with Gasteiger partial charge < -0.3 is 0 Å². The Morgan fingerprint density at radius 2 is 1.54 bits per heavy atom. The maximum atomic E-state index is 3.70. The van der Waals surface area contributed by atoms with Crippen molar-refractivity contribution in [3.63, 3.8) is 0 Å². The zero-order chi connectivity index (χ0) is 10.2. The molecule has 0 aliphatic rings. The van der Waals surface area contributed by atoms with Gasteiger partial charge in [0.15, 0.2) is 0 Å². The van der Waals surface area contributed by atoms with Crippen molar-refractivity contribution in [2.24, 2.45) is 0 Å². The van der Waals surface area contributed by atoms with E-state index < -0.39 is 0 Å². The van der Waals surface area contributed by atoms with Crippen molar-refractivity contribution in [2.75, 3.05) is 0 Å². The van der Waals surface area contributed by atoms with E-state index in [4.69, 9.17) is 0 Å². The summed E-state index contributed by atoms with van der Waals surface area (Å²) in [5.74, 6) is 0. The predicted octanol–water partition coefficient (Wildman–Crippen LogP) is 4.41. The van der Waals surface area contributed by atoms with Gasteiger partial charge >= 0.3 is 0 Å². The molecule has 0 radical (unpaired) electrons. The Morgan fingerprint density at radius 3 is 2.08 bits per heavy atom. The van der Waals surface area contributed by atoms with Crippen molar-refractivity contribution in [1.29, 1.82) is 0 Å². The third kappa shape index (κ3) is 9.01. The molecule has 0 aliphatic heterocycles. The lowest BCUT2D eigenvalue weighted by atomic mass is 10.0. The molecule has 0 rings (SSSR count). The second kappa shape index (κ2) is 8.04. The lowest BCUT2D eigenvalue weighted by Gasteiger charge is -2.20. The van der Waals surface area contributed by atoms with Gasteiger partial charge in [-0.2, -0.15) is 0 Å². The van der Waals surface area contributed by atoms with E-state index in [1.54, 1.807) is 0 Å². The van der Waals surface area contributed by atoms with Crippen LogP contribution in [-0.4, -0.2) is 8.14 Å². The Morgan fingerprint density at radius 1 is 1.00 bits per heavy atom. The van der Waals surface area contributed by atoms with E-state index in [-0.39, 0.29) is 8.14 Å². The summed E-state index contributed by atoms with van der Waals surface area (Å²) in [4.78, 5) is 0. The lowest BCUT2D eigenvalue weighted by molar-refractivity contribution is 0.528. The highest BCUT2D eigenvalue weighted by Gasteiger charge is 2.15. The highest BCUT2D eigenvalue weighted by atomic mass is 79.9. The van der Waals surface area contributed by atoms with E-state index in [1.165, 1.54) is 44.9 Å². The molecule has 2 heteroatoms. The topological polar surface area (TPSA) is 0 Å². The first-order valence-electron chi connectivity index (χ1n) is 5.68. The molecule has 0 amide bonds. The average Bonchev–Trinajstić information content (AvgIpc) is 2.11. The van der Waals surface area contributed by atoms with E-state index in [9.17, 15) is 0 Å². The zero-order valence-corrected chi connectivity index (χ0v) is 12.5. The second-order valence-electron chi connectivity index (χ2n) is 4.82. The van der Waals surface area contributed by atoms with Gasteiger partial charge in [-0.05, 0) is 5.04 Å². The van der Waals surface area contributed by atoms with Crippen molar-refractivity contribution in [3.8, 4) is 0 Å². The molecule has 0 spiro atoms. The van der Waals surface area contributed by atoms with E-state index in [0.29, 0.717) is 5.04 Å². The number of hydrogen-bond donors (Lipinski definition) is 0. The van der Waals surface area contributed by atoms with E-state index in [2.05, 4.69) is 36.1 Å². The minimum absolute atomic E-state index is 0.0106. The minimum atomic E-state index is 0.0106. The molecular formula is C11H25BrSi. The molecule has 0 aromatic rings. The molecule has 13 heavy (non-hydrogen) atoms. The summed E-state index contributed by atoms with van der Waals surface area (Å²) in [6, 6.07) is 0. The summed E-state index contributed by atoms with van der Waals surface area (Å²) in [5.41, 5.74) is 0. The van der Waals surface area contributed by atoms with Crippen LogP contribution in [-0.2, 0) is 0 Å². The molecule has 0 atom stereocenters. The van der Waals surface area contributed by atoms with Crippen LogP contribution in [0, 0.1) is 0 Å². The van der Waals surface area contributed by atoms with Gasteiger partial charge in [-0.15, -0.1) is 15.3 Å². The summed E-state index contributed by atoms with van der Waals surface area (Å²) in [5, 5.41) is 0.644. The molecule has 0 aromatic carbocycles. The first-order chi connectivity index (χ1) is 6.12. The molecule has 0 nitrogen and oxygen atoms in total.